The number of rotatable bonds is 5. The highest BCUT2D eigenvalue weighted by atomic mass is 19.1. The van der Waals surface area contributed by atoms with E-state index in [1.807, 2.05) is 0 Å². The molecule has 0 atom stereocenters. The second-order valence-corrected chi connectivity index (χ2v) is 9.18. The first-order valence-corrected chi connectivity index (χ1v) is 11.4. The fourth-order valence-corrected chi connectivity index (χ4v) is 5.00. The van der Waals surface area contributed by atoms with Crippen LogP contribution in [0.1, 0.15) is 58.0 Å². The second-order valence-electron chi connectivity index (χ2n) is 9.18. The lowest BCUT2D eigenvalue weighted by molar-refractivity contribution is 0.0840. The van der Waals surface area contributed by atoms with Crippen molar-refractivity contribution in [2.75, 3.05) is 0 Å². The Morgan fingerprint density at radius 1 is 1.17 bits per heavy atom. The summed E-state index contributed by atoms with van der Waals surface area (Å²) in [5.74, 6) is -1.76. The summed E-state index contributed by atoms with van der Waals surface area (Å²) in [6.07, 6.45) is 4.15. The number of halogens is 1. The number of carbonyl (C=O) groups excluding carboxylic acids is 2. The van der Waals surface area contributed by atoms with E-state index in [4.69, 9.17) is 0 Å². The molecule has 182 valence electrons. The molecule has 1 saturated carbocycles. The molecule has 0 radical (unpaired) electrons. The molecule has 2 aromatic heterocycles. The largest absolute Gasteiger partial charge is 0.501 e. The third-order valence-electron chi connectivity index (χ3n) is 6.96. The Bertz CT molecular complexity index is 1360. The molecule has 10 nitrogen and oxygen atoms in total. The molecule has 2 amide bonds. The van der Waals surface area contributed by atoms with E-state index in [1.165, 1.54) is 39.7 Å². The van der Waals surface area contributed by atoms with E-state index in [2.05, 4.69) is 20.7 Å². The van der Waals surface area contributed by atoms with Gasteiger partial charge in [-0.05, 0) is 55.4 Å². The van der Waals surface area contributed by atoms with E-state index in [9.17, 15) is 23.9 Å². The zero-order valence-electron chi connectivity index (χ0n) is 19.1. The number of benzene rings is 1. The minimum Gasteiger partial charge on any atom is -0.501 e. The summed E-state index contributed by atoms with van der Waals surface area (Å²) in [5.41, 5.74) is -1.08. The van der Waals surface area contributed by atoms with Crippen molar-refractivity contribution in [2.45, 2.75) is 44.3 Å². The predicted octanol–water partition coefficient (Wildman–Crippen LogP) is 1.58. The molecule has 2 aliphatic heterocycles. The van der Waals surface area contributed by atoms with Gasteiger partial charge in [0, 0.05) is 26.3 Å². The second kappa shape index (κ2) is 8.64. The van der Waals surface area contributed by atoms with Gasteiger partial charge in [-0.15, -0.1) is 0 Å². The number of fused-ring (bicyclic) bond motifs is 2. The van der Waals surface area contributed by atoms with E-state index in [1.54, 1.807) is 13.1 Å². The lowest BCUT2D eigenvalue weighted by atomic mass is 9.77. The van der Waals surface area contributed by atoms with Gasteiger partial charge in [-0.2, -0.15) is 5.10 Å². The molecule has 4 heterocycles. The van der Waals surface area contributed by atoms with E-state index in [0.29, 0.717) is 30.6 Å². The summed E-state index contributed by atoms with van der Waals surface area (Å²) < 4.78 is 16.0. The Kier molecular flexibility index (Phi) is 5.62. The summed E-state index contributed by atoms with van der Waals surface area (Å²) in [7, 11) is 1.66. The molecule has 0 saturated heterocycles. The third kappa shape index (κ3) is 4.07. The number of hydrogen-bond acceptors (Lipinski definition) is 6. The van der Waals surface area contributed by atoms with Crippen molar-refractivity contribution >= 4 is 11.8 Å². The van der Waals surface area contributed by atoms with Crippen molar-refractivity contribution in [3.05, 3.63) is 75.5 Å². The average molecular weight is 481 g/mol. The first-order valence-electron chi connectivity index (χ1n) is 11.4. The van der Waals surface area contributed by atoms with Gasteiger partial charge in [0.25, 0.3) is 17.4 Å². The van der Waals surface area contributed by atoms with Crippen LogP contribution in [0.5, 0.6) is 5.75 Å². The Morgan fingerprint density at radius 2 is 1.89 bits per heavy atom. The van der Waals surface area contributed by atoms with Crippen LogP contribution < -0.4 is 16.2 Å². The van der Waals surface area contributed by atoms with Gasteiger partial charge < -0.3 is 15.7 Å². The number of nitrogens with zero attached hydrogens (tertiary/aromatic N) is 4. The molecule has 6 rings (SSSR count). The van der Waals surface area contributed by atoms with Crippen LogP contribution >= 0.6 is 0 Å². The zero-order valence-corrected chi connectivity index (χ0v) is 19.1. The van der Waals surface area contributed by atoms with Gasteiger partial charge >= 0.3 is 0 Å². The first kappa shape index (κ1) is 22.8. The van der Waals surface area contributed by atoms with Gasteiger partial charge in [0.2, 0.25) is 5.75 Å². The molecule has 1 aliphatic carbocycles. The van der Waals surface area contributed by atoms with Crippen LogP contribution in [0.4, 0.5) is 4.39 Å². The zero-order chi connectivity index (χ0) is 24.7. The van der Waals surface area contributed by atoms with Gasteiger partial charge in [-0.3, -0.25) is 23.6 Å². The van der Waals surface area contributed by atoms with Crippen molar-refractivity contribution in [3.63, 3.8) is 0 Å². The quantitative estimate of drug-likeness (QED) is 0.508. The van der Waals surface area contributed by atoms with Crippen LogP contribution in [-0.4, -0.2) is 36.3 Å². The maximum atomic E-state index is 13.2. The van der Waals surface area contributed by atoms with E-state index < -0.39 is 34.3 Å². The fourth-order valence-electron chi connectivity index (χ4n) is 5.00. The topological polar surface area (TPSA) is 131 Å². The standard InChI is InChI=1S/C24H25FN6O4/c1-30-17(8-11-27-30)20(33)29-24-9-6-15(7-10-24)13-31-22(35)19(32)18(28-23(24)31)21(34)26-12-14-2-4-16(25)5-3-14/h2-5,8,11,15,32H,6-7,9-10,12-13H2,1H3,(H,26,34)(H,29,33). The van der Waals surface area contributed by atoms with Crippen LogP contribution in [0.3, 0.4) is 0 Å². The lowest BCUT2D eigenvalue weighted by Gasteiger charge is -2.37. The van der Waals surface area contributed by atoms with Crippen molar-refractivity contribution in [3.8, 4) is 5.75 Å². The minimum atomic E-state index is -0.965. The Morgan fingerprint density at radius 3 is 2.54 bits per heavy atom. The van der Waals surface area contributed by atoms with Crippen LogP contribution in [0, 0.1) is 11.7 Å². The number of carbonyl (C=O) groups is 2. The molecular formula is C24H25FN6O4. The van der Waals surface area contributed by atoms with Crippen LogP contribution in [0.25, 0.3) is 0 Å². The van der Waals surface area contributed by atoms with Gasteiger partial charge in [0.15, 0.2) is 5.69 Å². The summed E-state index contributed by atoms with van der Waals surface area (Å²) in [4.78, 5) is 43.7. The maximum absolute atomic E-state index is 13.2. The number of aromatic nitrogens is 4. The lowest BCUT2D eigenvalue weighted by Crippen LogP contribution is -2.50. The highest BCUT2D eigenvalue weighted by molar-refractivity contribution is 5.95. The van der Waals surface area contributed by atoms with Gasteiger partial charge in [0.05, 0.1) is 5.54 Å². The van der Waals surface area contributed by atoms with Crippen LogP contribution in [-0.2, 0) is 25.7 Å². The highest BCUT2D eigenvalue weighted by Crippen LogP contribution is 2.43. The Hall–Kier alpha value is -4.02. The molecule has 11 heteroatoms. The monoisotopic (exact) mass is 480 g/mol. The van der Waals surface area contributed by atoms with Crippen molar-refractivity contribution in [2.24, 2.45) is 13.0 Å². The van der Waals surface area contributed by atoms with Gasteiger partial charge in [-0.1, -0.05) is 12.1 Å². The normalized spacial score (nSPS) is 20.7. The number of aromatic hydroxyl groups is 1. The number of nitrogens with one attached hydrogen (secondary N) is 2. The molecule has 0 unspecified atom stereocenters. The summed E-state index contributed by atoms with van der Waals surface area (Å²) in [6.45, 7) is 0.415. The SMILES string of the molecule is Cn1nccc1C(=O)NC12CCC(CC1)Cn1c2nc(C(=O)NCc2ccc(F)cc2)c(O)c1=O. The molecule has 0 spiro atoms. The van der Waals surface area contributed by atoms with Crippen LogP contribution in [0.15, 0.2) is 41.3 Å². The van der Waals surface area contributed by atoms with Crippen LogP contribution in [0.2, 0.25) is 0 Å². The first-order chi connectivity index (χ1) is 16.8. The Labute approximate surface area is 199 Å². The highest BCUT2D eigenvalue weighted by Gasteiger charge is 2.46. The predicted molar refractivity (Wildman–Crippen MR) is 122 cm³/mol. The summed E-state index contributed by atoms with van der Waals surface area (Å²) >= 11 is 0. The van der Waals surface area contributed by atoms with E-state index in [-0.39, 0.29) is 24.2 Å². The molecule has 3 aliphatic rings. The molecular weight excluding hydrogens is 455 g/mol. The van der Waals surface area contributed by atoms with E-state index >= 15 is 0 Å². The van der Waals surface area contributed by atoms with Crippen molar-refractivity contribution < 1.29 is 19.1 Å². The molecule has 35 heavy (non-hydrogen) atoms. The van der Waals surface area contributed by atoms with E-state index in [0.717, 1.165) is 12.8 Å². The maximum Gasteiger partial charge on any atom is 0.296 e. The molecule has 3 aromatic rings. The number of amides is 2. The van der Waals surface area contributed by atoms with Crippen molar-refractivity contribution in [1.29, 1.82) is 0 Å². The number of hydrogen-bond donors (Lipinski definition) is 3. The third-order valence-corrected chi connectivity index (χ3v) is 6.96. The van der Waals surface area contributed by atoms with Gasteiger partial charge in [0.1, 0.15) is 17.3 Å². The molecule has 3 N–H and O–H groups in total. The molecule has 1 aromatic carbocycles. The minimum absolute atomic E-state index is 0.0586. The van der Waals surface area contributed by atoms with Gasteiger partial charge in [-0.25, -0.2) is 9.37 Å². The summed E-state index contributed by atoms with van der Waals surface area (Å²) in [5, 5.41) is 20.3. The summed E-state index contributed by atoms with van der Waals surface area (Å²) in [6, 6.07) is 7.20. The molecule has 1 fully saturated rings. The molecule has 2 bridgehead atoms. The Balaban J connectivity index is 1.50. The van der Waals surface area contributed by atoms with Crippen molar-refractivity contribution in [1.82, 2.24) is 30.0 Å². The smallest absolute Gasteiger partial charge is 0.296 e. The number of aryl methyl sites for hydroxylation is 1. The fraction of sp³-hybridized carbons (Fsp3) is 0.375. The average Bonchev–Trinajstić information content (AvgIpc) is 3.15.